The second-order valence-corrected chi connectivity index (χ2v) is 3.86. The number of esters is 1. The number of hydrogen-bond acceptors (Lipinski definition) is 4. The zero-order chi connectivity index (χ0) is 13.0. The molecule has 0 aliphatic rings. The van der Waals surface area contributed by atoms with Crippen molar-refractivity contribution in [3.8, 4) is 5.75 Å². The Bertz CT molecular complexity index is 457. The van der Waals surface area contributed by atoms with Crippen LogP contribution in [-0.4, -0.2) is 25.5 Å². The van der Waals surface area contributed by atoms with Crippen molar-refractivity contribution in [3.05, 3.63) is 27.7 Å². The molecule has 0 aliphatic carbocycles. The highest BCUT2D eigenvalue weighted by atomic mass is 35.5. The maximum absolute atomic E-state index is 11.7. The van der Waals surface area contributed by atoms with Crippen molar-refractivity contribution < 1.29 is 19.1 Å². The molecule has 0 unspecified atom stereocenters. The number of carbonyl (C=O) groups is 2. The Kier molecular flexibility index (Phi) is 4.78. The zero-order valence-corrected chi connectivity index (χ0v) is 10.8. The third-order valence-electron chi connectivity index (χ3n) is 1.92. The van der Waals surface area contributed by atoms with Crippen LogP contribution in [0.4, 0.5) is 0 Å². The fraction of sp³-hybridized carbons (Fsp3) is 0.273. The molecule has 17 heavy (non-hydrogen) atoms. The van der Waals surface area contributed by atoms with Crippen molar-refractivity contribution in [2.75, 3.05) is 13.7 Å². The molecular formula is C11H10Cl2O4. The molecule has 0 bridgehead atoms. The molecule has 0 fully saturated rings. The molecule has 0 aromatic heterocycles. The molecule has 92 valence electrons. The van der Waals surface area contributed by atoms with E-state index in [2.05, 4.69) is 4.74 Å². The summed E-state index contributed by atoms with van der Waals surface area (Å²) in [6.45, 7) is 1.72. The third kappa shape index (κ3) is 3.11. The number of halogens is 2. The van der Waals surface area contributed by atoms with Gasteiger partial charge in [0.2, 0.25) is 0 Å². The Balaban J connectivity index is 3.20. The highest BCUT2D eigenvalue weighted by Gasteiger charge is 2.23. The van der Waals surface area contributed by atoms with Crippen LogP contribution in [0.15, 0.2) is 12.1 Å². The van der Waals surface area contributed by atoms with E-state index in [0.717, 1.165) is 0 Å². The predicted molar refractivity (Wildman–Crippen MR) is 64.0 cm³/mol. The van der Waals surface area contributed by atoms with Gasteiger partial charge < -0.3 is 9.47 Å². The molecule has 0 atom stereocenters. The third-order valence-corrected chi connectivity index (χ3v) is 2.42. The lowest BCUT2D eigenvalue weighted by Crippen LogP contribution is -2.18. The van der Waals surface area contributed by atoms with Crippen LogP contribution in [0.2, 0.25) is 10.0 Å². The monoisotopic (exact) mass is 276 g/mol. The van der Waals surface area contributed by atoms with Crippen molar-refractivity contribution in [1.82, 2.24) is 0 Å². The van der Waals surface area contributed by atoms with Crippen LogP contribution in [0.5, 0.6) is 5.75 Å². The van der Waals surface area contributed by atoms with Crippen LogP contribution in [0, 0.1) is 0 Å². The quantitative estimate of drug-likeness (QED) is 0.482. The largest absolute Gasteiger partial charge is 0.494 e. The average Bonchev–Trinajstić information content (AvgIpc) is 2.27. The maximum atomic E-state index is 11.7. The topological polar surface area (TPSA) is 52.6 Å². The van der Waals surface area contributed by atoms with E-state index < -0.39 is 11.8 Å². The van der Waals surface area contributed by atoms with E-state index in [1.54, 1.807) is 6.92 Å². The van der Waals surface area contributed by atoms with E-state index in [-0.39, 0.29) is 28.0 Å². The van der Waals surface area contributed by atoms with E-state index in [4.69, 9.17) is 27.9 Å². The number of ketones is 1. The summed E-state index contributed by atoms with van der Waals surface area (Å²) >= 11 is 11.6. The summed E-state index contributed by atoms with van der Waals surface area (Å²) in [5.41, 5.74) is -0.0107. The van der Waals surface area contributed by atoms with E-state index in [1.165, 1.54) is 19.2 Å². The molecule has 0 heterocycles. The summed E-state index contributed by atoms with van der Waals surface area (Å²) in [6, 6.07) is 2.73. The molecule has 6 heteroatoms. The van der Waals surface area contributed by atoms with E-state index in [9.17, 15) is 9.59 Å². The Labute approximate surface area is 108 Å². The second kappa shape index (κ2) is 5.89. The van der Waals surface area contributed by atoms with Gasteiger partial charge in [-0.05, 0) is 19.1 Å². The number of rotatable bonds is 4. The number of carbonyl (C=O) groups excluding carboxylic acids is 2. The Morgan fingerprint density at radius 3 is 2.47 bits per heavy atom. The van der Waals surface area contributed by atoms with Crippen molar-refractivity contribution >= 4 is 35.0 Å². The molecule has 0 saturated heterocycles. The molecule has 0 spiro atoms. The summed E-state index contributed by atoms with van der Waals surface area (Å²) in [7, 11) is 1.34. The molecule has 1 aromatic rings. The fourth-order valence-electron chi connectivity index (χ4n) is 1.24. The maximum Gasteiger partial charge on any atom is 0.379 e. The van der Waals surface area contributed by atoms with Crippen molar-refractivity contribution in [2.45, 2.75) is 6.92 Å². The summed E-state index contributed by atoms with van der Waals surface area (Å²) in [5.74, 6) is -1.70. The standard InChI is InChI=1S/C11H10Cl2O4/c1-3-17-11(15)9(14)7-4-6(12)5-8(13)10(7)16-2/h4-5H,3H2,1-2H3. The molecule has 4 nitrogen and oxygen atoms in total. The number of methoxy groups -OCH3 is 1. The van der Waals surface area contributed by atoms with Crippen LogP contribution in [0.25, 0.3) is 0 Å². The molecule has 1 rings (SSSR count). The van der Waals surface area contributed by atoms with E-state index in [0.29, 0.717) is 0 Å². The second-order valence-electron chi connectivity index (χ2n) is 3.02. The van der Waals surface area contributed by atoms with Gasteiger partial charge in [0.15, 0.2) is 0 Å². The van der Waals surface area contributed by atoms with E-state index in [1.807, 2.05) is 0 Å². The van der Waals surface area contributed by atoms with Gasteiger partial charge >= 0.3 is 5.97 Å². The first-order chi connectivity index (χ1) is 8.01. The van der Waals surface area contributed by atoms with Gasteiger partial charge in [-0.1, -0.05) is 23.2 Å². The highest BCUT2D eigenvalue weighted by Crippen LogP contribution is 2.32. The first kappa shape index (κ1) is 13.8. The number of ether oxygens (including phenoxy) is 2. The van der Waals surface area contributed by atoms with Crippen LogP contribution in [0.3, 0.4) is 0 Å². The zero-order valence-electron chi connectivity index (χ0n) is 9.25. The predicted octanol–water partition coefficient (Wildman–Crippen LogP) is 2.75. The highest BCUT2D eigenvalue weighted by molar-refractivity contribution is 6.43. The van der Waals surface area contributed by atoms with Gasteiger partial charge in [0, 0.05) is 5.02 Å². The Morgan fingerprint density at radius 2 is 1.94 bits per heavy atom. The van der Waals surface area contributed by atoms with Gasteiger partial charge in [-0.25, -0.2) is 4.79 Å². The molecule has 0 aliphatic heterocycles. The molecule has 0 radical (unpaired) electrons. The number of hydrogen-bond donors (Lipinski definition) is 0. The van der Waals surface area contributed by atoms with Gasteiger partial charge in [-0.3, -0.25) is 4.79 Å². The first-order valence-corrected chi connectivity index (χ1v) is 5.51. The molecule has 0 amide bonds. The SMILES string of the molecule is CCOC(=O)C(=O)c1cc(Cl)cc(Cl)c1OC. The normalized spacial score (nSPS) is 9.88. The van der Waals surface area contributed by atoms with Crippen LogP contribution < -0.4 is 4.74 Å². The lowest BCUT2D eigenvalue weighted by atomic mass is 10.1. The summed E-state index contributed by atoms with van der Waals surface area (Å²) < 4.78 is 9.57. The van der Waals surface area contributed by atoms with Crippen molar-refractivity contribution in [2.24, 2.45) is 0 Å². The molecular weight excluding hydrogens is 267 g/mol. The Hall–Kier alpha value is -1.26. The van der Waals surface area contributed by atoms with Gasteiger partial charge in [0.05, 0.1) is 24.3 Å². The minimum absolute atomic E-state index is 0.0107. The van der Waals surface area contributed by atoms with E-state index >= 15 is 0 Å². The van der Waals surface area contributed by atoms with Crippen LogP contribution >= 0.6 is 23.2 Å². The average molecular weight is 277 g/mol. The van der Waals surface area contributed by atoms with Gasteiger partial charge in [-0.2, -0.15) is 0 Å². The van der Waals surface area contributed by atoms with Crippen LogP contribution in [0.1, 0.15) is 17.3 Å². The smallest absolute Gasteiger partial charge is 0.379 e. The number of Topliss-reactive ketones (excluding diaryl/α,β-unsaturated/α-hetero) is 1. The minimum Gasteiger partial charge on any atom is -0.494 e. The first-order valence-electron chi connectivity index (χ1n) is 4.75. The molecule has 0 N–H and O–H groups in total. The van der Waals surface area contributed by atoms with Crippen molar-refractivity contribution in [3.63, 3.8) is 0 Å². The summed E-state index contributed by atoms with van der Waals surface area (Å²) in [5, 5.41) is 0.399. The molecule has 0 saturated carbocycles. The van der Waals surface area contributed by atoms with Crippen LogP contribution in [-0.2, 0) is 9.53 Å². The summed E-state index contributed by atoms with van der Waals surface area (Å²) in [6.07, 6.45) is 0. The van der Waals surface area contributed by atoms with Gasteiger partial charge in [0.1, 0.15) is 5.75 Å². The lowest BCUT2D eigenvalue weighted by molar-refractivity contribution is -0.137. The lowest BCUT2D eigenvalue weighted by Gasteiger charge is -2.09. The fourth-order valence-corrected chi connectivity index (χ4v) is 1.81. The Morgan fingerprint density at radius 1 is 1.29 bits per heavy atom. The van der Waals surface area contributed by atoms with Crippen molar-refractivity contribution in [1.29, 1.82) is 0 Å². The minimum atomic E-state index is -0.968. The molecule has 1 aromatic carbocycles. The van der Waals surface area contributed by atoms with Gasteiger partial charge in [-0.15, -0.1) is 0 Å². The summed E-state index contributed by atoms with van der Waals surface area (Å²) in [4.78, 5) is 23.1. The van der Waals surface area contributed by atoms with Gasteiger partial charge in [0.25, 0.3) is 5.78 Å². The number of benzene rings is 1.